The predicted octanol–water partition coefficient (Wildman–Crippen LogP) is 3.10. The topological polar surface area (TPSA) is 49.8 Å². The van der Waals surface area contributed by atoms with Gasteiger partial charge in [-0.1, -0.05) is 6.07 Å². The van der Waals surface area contributed by atoms with Crippen molar-refractivity contribution in [3.8, 4) is 0 Å². The van der Waals surface area contributed by atoms with Gasteiger partial charge in [-0.15, -0.1) is 0 Å². The van der Waals surface area contributed by atoms with Gasteiger partial charge >= 0.3 is 5.97 Å². The molecule has 1 fully saturated rings. The number of rotatable bonds is 5. The lowest BCUT2D eigenvalue weighted by atomic mass is 10.0. The van der Waals surface area contributed by atoms with Crippen molar-refractivity contribution in [2.75, 3.05) is 24.6 Å². The molecule has 0 bridgehead atoms. The van der Waals surface area contributed by atoms with Crippen molar-refractivity contribution >= 4 is 17.7 Å². The van der Waals surface area contributed by atoms with Crippen LogP contribution in [0.4, 0.5) is 5.69 Å². The number of hydrogen-bond acceptors (Lipinski definition) is 3. The van der Waals surface area contributed by atoms with Crippen LogP contribution in [-0.2, 0) is 9.53 Å². The molecule has 0 aliphatic carbocycles. The number of aliphatic carboxylic acids is 1. The molecule has 1 aliphatic heterocycles. The highest BCUT2D eigenvalue weighted by Gasteiger charge is 2.20. The molecule has 0 amide bonds. The largest absolute Gasteiger partial charge is 0.478 e. The first-order chi connectivity index (χ1) is 10.1. The third kappa shape index (κ3) is 4.33. The van der Waals surface area contributed by atoms with Gasteiger partial charge in [-0.2, -0.15) is 0 Å². The van der Waals surface area contributed by atoms with Crippen molar-refractivity contribution in [2.24, 2.45) is 0 Å². The average molecular weight is 289 g/mol. The van der Waals surface area contributed by atoms with Crippen LogP contribution in [0.2, 0.25) is 0 Å². The highest BCUT2D eigenvalue weighted by molar-refractivity contribution is 5.85. The van der Waals surface area contributed by atoms with Crippen LogP contribution >= 0.6 is 0 Å². The molecule has 4 heteroatoms. The summed E-state index contributed by atoms with van der Waals surface area (Å²) in [5.41, 5.74) is 3.22. The fourth-order valence-corrected chi connectivity index (χ4v) is 2.75. The molecule has 1 heterocycles. The number of carboxylic acids is 1. The van der Waals surface area contributed by atoms with Gasteiger partial charge in [0.1, 0.15) is 0 Å². The first-order valence-electron chi connectivity index (χ1n) is 7.48. The zero-order valence-corrected chi connectivity index (χ0v) is 12.7. The van der Waals surface area contributed by atoms with Crippen molar-refractivity contribution < 1.29 is 14.6 Å². The fraction of sp³-hybridized carbons (Fsp3) is 0.471. The van der Waals surface area contributed by atoms with Gasteiger partial charge in [0.25, 0.3) is 0 Å². The van der Waals surface area contributed by atoms with E-state index in [0.29, 0.717) is 6.10 Å². The first-order valence-corrected chi connectivity index (χ1v) is 7.48. The van der Waals surface area contributed by atoms with Gasteiger partial charge in [-0.25, -0.2) is 4.79 Å². The molecule has 1 aromatic rings. The van der Waals surface area contributed by atoms with Crippen LogP contribution < -0.4 is 4.90 Å². The van der Waals surface area contributed by atoms with E-state index in [1.165, 1.54) is 11.8 Å². The van der Waals surface area contributed by atoms with E-state index in [4.69, 9.17) is 9.84 Å². The summed E-state index contributed by atoms with van der Waals surface area (Å²) in [6.45, 7) is 6.78. The molecule has 1 aromatic carbocycles. The van der Waals surface area contributed by atoms with Crippen LogP contribution in [0.25, 0.3) is 6.08 Å². The summed E-state index contributed by atoms with van der Waals surface area (Å²) in [6, 6.07) is 6.16. The Morgan fingerprint density at radius 3 is 3.00 bits per heavy atom. The lowest BCUT2D eigenvalue weighted by molar-refractivity contribution is -0.131. The van der Waals surface area contributed by atoms with E-state index in [-0.39, 0.29) is 0 Å². The summed E-state index contributed by atoms with van der Waals surface area (Å²) in [6.07, 6.45) is 5.40. The number of benzene rings is 1. The second-order valence-electron chi connectivity index (χ2n) is 5.38. The van der Waals surface area contributed by atoms with E-state index in [1.54, 1.807) is 6.08 Å². The van der Waals surface area contributed by atoms with Gasteiger partial charge in [0, 0.05) is 31.5 Å². The van der Waals surface area contributed by atoms with E-state index < -0.39 is 5.97 Å². The van der Waals surface area contributed by atoms with Crippen LogP contribution in [-0.4, -0.2) is 36.9 Å². The zero-order valence-electron chi connectivity index (χ0n) is 12.7. The first kappa shape index (κ1) is 15.6. The highest BCUT2D eigenvalue weighted by Crippen LogP contribution is 2.24. The molecule has 0 saturated carbocycles. The van der Waals surface area contributed by atoms with Crippen molar-refractivity contribution in [3.63, 3.8) is 0 Å². The molecule has 114 valence electrons. The second-order valence-corrected chi connectivity index (χ2v) is 5.38. The quantitative estimate of drug-likeness (QED) is 0.846. The summed E-state index contributed by atoms with van der Waals surface area (Å²) in [5.74, 6) is -0.922. The smallest absolute Gasteiger partial charge is 0.328 e. The number of ether oxygens (including phenoxy) is 1. The Labute approximate surface area is 126 Å². The Morgan fingerprint density at radius 2 is 2.33 bits per heavy atom. The van der Waals surface area contributed by atoms with Crippen molar-refractivity contribution in [2.45, 2.75) is 32.8 Å². The fourth-order valence-electron chi connectivity index (χ4n) is 2.75. The minimum atomic E-state index is -0.922. The summed E-state index contributed by atoms with van der Waals surface area (Å²) < 4.78 is 5.74. The minimum absolute atomic E-state index is 0.315. The third-order valence-corrected chi connectivity index (χ3v) is 3.80. The number of carboxylic acid groups (broad SMARTS) is 1. The highest BCUT2D eigenvalue weighted by atomic mass is 16.5. The number of nitrogens with zero attached hydrogens (tertiary/aromatic N) is 1. The van der Waals surface area contributed by atoms with Crippen LogP contribution in [0.1, 0.15) is 30.9 Å². The Hall–Kier alpha value is -1.81. The number of aryl methyl sites for hydroxylation is 1. The Bertz CT molecular complexity index is 523. The third-order valence-electron chi connectivity index (χ3n) is 3.80. The van der Waals surface area contributed by atoms with E-state index in [1.807, 2.05) is 19.9 Å². The number of anilines is 1. The molecule has 21 heavy (non-hydrogen) atoms. The summed E-state index contributed by atoms with van der Waals surface area (Å²) in [4.78, 5) is 12.9. The summed E-state index contributed by atoms with van der Waals surface area (Å²) in [7, 11) is 0. The number of piperidine rings is 1. The lowest BCUT2D eigenvalue weighted by Crippen LogP contribution is -2.39. The van der Waals surface area contributed by atoms with Gasteiger partial charge in [-0.3, -0.25) is 0 Å². The summed E-state index contributed by atoms with van der Waals surface area (Å²) in [5, 5.41) is 8.69. The average Bonchev–Trinajstić information content (AvgIpc) is 2.46. The molecule has 1 aliphatic rings. The Morgan fingerprint density at radius 1 is 1.52 bits per heavy atom. The molecule has 0 radical (unpaired) electrons. The normalized spacial score (nSPS) is 19.1. The molecule has 0 aromatic heterocycles. The second kappa shape index (κ2) is 7.27. The van der Waals surface area contributed by atoms with Crippen LogP contribution in [0.15, 0.2) is 24.3 Å². The van der Waals surface area contributed by atoms with Crippen LogP contribution in [0.3, 0.4) is 0 Å². The minimum Gasteiger partial charge on any atom is -0.478 e. The van der Waals surface area contributed by atoms with Gasteiger partial charge < -0.3 is 14.7 Å². The van der Waals surface area contributed by atoms with Crippen molar-refractivity contribution in [1.82, 2.24) is 0 Å². The standard InChI is InChI=1S/C17H23NO3/c1-3-21-16-5-4-10-18(12-16)15-8-6-14(13(2)11-15)7-9-17(19)20/h6-9,11,16H,3-5,10,12H2,1-2H3,(H,19,20). The lowest BCUT2D eigenvalue weighted by Gasteiger charge is -2.34. The molecular weight excluding hydrogens is 266 g/mol. The van der Waals surface area contributed by atoms with E-state index in [0.717, 1.165) is 43.7 Å². The molecule has 1 atom stereocenters. The predicted molar refractivity (Wildman–Crippen MR) is 84.7 cm³/mol. The number of hydrogen-bond donors (Lipinski definition) is 1. The monoisotopic (exact) mass is 289 g/mol. The molecule has 1 unspecified atom stereocenters. The van der Waals surface area contributed by atoms with Gasteiger partial charge in [0.05, 0.1) is 6.10 Å². The van der Waals surface area contributed by atoms with E-state index >= 15 is 0 Å². The zero-order chi connectivity index (χ0) is 15.2. The Balaban J connectivity index is 2.10. The molecule has 0 spiro atoms. The van der Waals surface area contributed by atoms with Crippen molar-refractivity contribution in [3.05, 3.63) is 35.4 Å². The van der Waals surface area contributed by atoms with Crippen LogP contribution in [0.5, 0.6) is 0 Å². The van der Waals surface area contributed by atoms with Gasteiger partial charge in [0.15, 0.2) is 0 Å². The molecule has 1 N–H and O–H groups in total. The maximum absolute atomic E-state index is 10.6. The van der Waals surface area contributed by atoms with Crippen LogP contribution in [0, 0.1) is 6.92 Å². The van der Waals surface area contributed by atoms with Gasteiger partial charge in [-0.05, 0) is 56.0 Å². The molecule has 4 nitrogen and oxygen atoms in total. The van der Waals surface area contributed by atoms with E-state index in [9.17, 15) is 4.79 Å². The molecular formula is C17H23NO3. The maximum atomic E-state index is 10.6. The SMILES string of the molecule is CCOC1CCCN(c2ccc(C=CC(=O)O)c(C)c2)C1. The van der Waals surface area contributed by atoms with E-state index in [2.05, 4.69) is 17.0 Å². The van der Waals surface area contributed by atoms with Gasteiger partial charge in [0.2, 0.25) is 0 Å². The number of carbonyl (C=O) groups is 1. The Kier molecular flexibility index (Phi) is 5.39. The molecule has 2 rings (SSSR count). The van der Waals surface area contributed by atoms with Crippen molar-refractivity contribution in [1.29, 1.82) is 0 Å². The summed E-state index contributed by atoms with van der Waals surface area (Å²) >= 11 is 0. The maximum Gasteiger partial charge on any atom is 0.328 e. The molecule has 1 saturated heterocycles.